The Balaban J connectivity index is 1.04. The number of nitrogens with zero attached hydrogens (tertiary/aromatic N) is 2. The quantitative estimate of drug-likeness (QED) is 0.129. The highest BCUT2D eigenvalue weighted by Crippen LogP contribution is 2.42. The van der Waals surface area contributed by atoms with E-state index in [1.807, 2.05) is 6.07 Å². The highest BCUT2D eigenvalue weighted by Gasteiger charge is 2.18. The first kappa shape index (κ1) is 34.1. The third-order valence-electron chi connectivity index (χ3n) is 12.2. The van der Waals surface area contributed by atoms with E-state index in [1.165, 1.54) is 75.8 Å². The van der Waals surface area contributed by atoms with Gasteiger partial charge in [0.25, 0.3) is 0 Å². The monoisotopic (exact) mass is 760 g/mol. The molecule has 12 aromatic rings. The summed E-state index contributed by atoms with van der Waals surface area (Å²) in [5.74, 6) is 0.702. The number of hydrogen-bond acceptors (Lipinski definition) is 2. The molecule has 0 radical (unpaired) electrons. The van der Waals surface area contributed by atoms with Gasteiger partial charge in [-0.05, 0) is 117 Å². The van der Waals surface area contributed by atoms with E-state index in [2.05, 4.69) is 212 Å². The number of aromatic nitrogens is 2. The lowest BCUT2D eigenvalue weighted by molar-refractivity contribution is 1.19. The van der Waals surface area contributed by atoms with E-state index >= 15 is 0 Å². The van der Waals surface area contributed by atoms with Crippen LogP contribution in [0.25, 0.3) is 121 Å². The van der Waals surface area contributed by atoms with Crippen molar-refractivity contribution in [1.82, 2.24) is 9.97 Å². The Morgan fingerprint density at radius 2 is 0.667 bits per heavy atom. The van der Waals surface area contributed by atoms with Gasteiger partial charge in [-0.3, -0.25) is 0 Å². The molecule has 0 saturated carbocycles. The second kappa shape index (κ2) is 13.9. The Labute approximate surface area is 347 Å². The minimum atomic E-state index is 0.702. The summed E-state index contributed by atoms with van der Waals surface area (Å²) in [4.78, 5) is 10.7. The Morgan fingerprint density at radius 3 is 1.30 bits per heavy atom. The molecular weight excluding hydrogens is 725 g/mol. The van der Waals surface area contributed by atoms with E-state index in [-0.39, 0.29) is 0 Å². The fourth-order valence-corrected chi connectivity index (χ4v) is 9.38. The number of fused-ring (bicyclic) bond motifs is 8. The molecule has 11 aromatic carbocycles. The highest BCUT2D eigenvalue weighted by molar-refractivity contribution is 6.21. The van der Waals surface area contributed by atoms with Crippen LogP contribution in [-0.4, -0.2) is 9.97 Å². The van der Waals surface area contributed by atoms with Crippen molar-refractivity contribution in [3.63, 3.8) is 0 Å². The molecule has 0 unspecified atom stereocenters. The lowest BCUT2D eigenvalue weighted by atomic mass is 9.88. The van der Waals surface area contributed by atoms with Crippen molar-refractivity contribution in [3.8, 4) is 56.2 Å². The molecule has 60 heavy (non-hydrogen) atoms. The van der Waals surface area contributed by atoms with Gasteiger partial charge in [0.05, 0.1) is 11.4 Å². The summed E-state index contributed by atoms with van der Waals surface area (Å²) in [6, 6.07) is 78.9. The van der Waals surface area contributed by atoms with E-state index in [1.54, 1.807) is 0 Å². The zero-order valence-corrected chi connectivity index (χ0v) is 32.7. The van der Waals surface area contributed by atoms with E-state index in [9.17, 15) is 0 Å². The number of rotatable bonds is 5. The number of benzene rings is 11. The lowest BCUT2D eigenvalue weighted by Crippen LogP contribution is -1.97. The predicted molar refractivity (Wildman–Crippen MR) is 254 cm³/mol. The SMILES string of the molecule is c1ccc(-c2nc(-c3cccc(-c4cccc(-c5c6ccccc6cc6c5ccc5ccccc56)c4)c3)cc(-c3c4ccccc4cc4c3ccc3ccccc34)n2)cc1. The maximum atomic E-state index is 5.36. The Morgan fingerprint density at radius 1 is 0.217 bits per heavy atom. The van der Waals surface area contributed by atoms with Gasteiger partial charge in [-0.2, -0.15) is 0 Å². The lowest BCUT2D eigenvalue weighted by Gasteiger charge is -2.16. The van der Waals surface area contributed by atoms with Gasteiger partial charge >= 0.3 is 0 Å². The molecule has 0 saturated heterocycles. The Kier molecular flexibility index (Phi) is 7.89. The van der Waals surface area contributed by atoms with Crippen molar-refractivity contribution in [2.45, 2.75) is 0 Å². The van der Waals surface area contributed by atoms with Crippen LogP contribution in [0, 0.1) is 0 Å². The molecule has 0 spiro atoms. The van der Waals surface area contributed by atoms with Gasteiger partial charge in [0, 0.05) is 16.7 Å². The van der Waals surface area contributed by atoms with Crippen LogP contribution in [0.3, 0.4) is 0 Å². The molecular formula is C58H36N2. The van der Waals surface area contributed by atoms with E-state index in [0.29, 0.717) is 5.82 Å². The summed E-state index contributed by atoms with van der Waals surface area (Å²) < 4.78 is 0. The van der Waals surface area contributed by atoms with Crippen molar-refractivity contribution in [1.29, 1.82) is 0 Å². The van der Waals surface area contributed by atoms with Crippen LogP contribution in [0.1, 0.15) is 0 Å². The van der Waals surface area contributed by atoms with Crippen LogP contribution in [-0.2, 0) is 0 Å². The Hall–Kier alpha value is -7.94. The molecule has 0 aliphatic carbocycles. The van der Waals surface area contributed by atoms with Gasteiger partial charge in [0.1, 0.15) is 0 Å². The first-order valence-electron chi connectivity index (χ1n) is 20.6. The zero-order chi connectivity index (χ0) is 39.6. The van der Waals surface area contributed by atoms with Gasteiger partial charge in [0.15, 0.2) is 5.82 Å². The normalized spacial score (nSPS) is 11.7. The molecule has 0 amide bonds. The van der Waals surface area contributed by atoms with E-state index in [0.717, 1.165) is 39.2 Å². The summed E-state index contributed by atoms with van der Waals surface area (Å²) in [7, 11) is 0. The largest absolute Gasteiger partial charge is 0.228 e. The molecule has 0 fully saturated rings. The Bertz CT molecular complexity index is 3660. The summed E-state index contributed by atoms with van der Waals surface area (Å²) in [6.07, 6.45) is 0. The van der Waals surface area contributed by atoms with Crippen molar-refractivity contribution >= 4 is 64.6 Å². The molecule has 12 rings (SSSR count). The molecule has 2 nitrogen and oxygen atoms in total. The molecule has 1 heterocycles. The average Bonchev–Trinajstić information content (AvgIpc) is 3.32. The molecule has 1 aromatic heterocycles. The van der Waals surface area contributed by atoms with Gasteiger partial charge in [-0.25, -0.2) is 9.97 Å². The van der Waals surface area contributed by atoms with Crippen LogP contribution in [0.2, 0.25) is 0 Å². The number of hydrogen-bond donors (Lipinski definition) is 0. The molecule has 0 aliphatic rings. The van der Waals surface area contributed by atoms with Gasteiger partial charge in [-0.1, -0.05) is 188 Å². The molecule has 2 heteroatoms. The van der Waals surface area contributed by atoms with Crippen molar-refractivity contribution < 1.29 is 0 Å². The second-order valence-electron chi connectivity index (χ2n) is 15.7. The molecule has 0 aliphatic heterocycles. The van der Waals surface area contributed by atoms with Gasteiger partial charge in [-0.15, -0.1) is 0 Å². The smallest absolute Gasteiger partial charge is 0.160 e. The topological polar surface area (TPSA) is 25.8 Å². The summed E-state index contributed by atoms with van der Waals surface area (Å²) in [6.45, 7) is 0. The summed E-state index contributed by atoms with van der Waals surface area (Å²) >= 11 is 0. The predicted octanol–water partition coefficient (Wildman–Crippen LogP) is 15.7. The van der Waals surface area contributed by atoms with Gasteiger partial charge in [0.2, 0.25) is 0 Å². The van der Waals surface area contributed by atoms with Crippen LogP contribution < -0.4 is 0 Å². The minimum absolute atomic E-state index is 0.702. The average molecular weight is 761 g/mol. The molecule has 0 bridgehead atoms. The summed E-state index contributed by atoms with van der Waals surface area (Å²) in [5, 5.41) is 14.8. The zero-order valence-electron chi connectivity index (χ0n) is 32.7. The maximum Gasteiger partial charge on any atom is 0.160 e. The highest BCUT2D eigenvalue weighted by atomic mass is 14.9. The summed E-state index contributed by atoms with van der Waals surface area (Å²) in [5.41, 5.74) is 9.66. The van der Waals surface area contributed by atoms with Crippen LogP contribution in [0.4, 0.5) is 0 Å². The van der Waals surface area contributed by atoms with Crippen molar-refractivity contribution in [2.75, 3.05) is 0 Å². The van der Waals surface area contributed by atoms with Crippen molar-refractivity contribution in [3.05, 3.63) is 218 Å². The fraction of sp³-hybridized carbons (Fsp3) is 0. The standard InChI is InChI=1S/C58H36N2/c1-2-16-39(17-3-1)58-59-54(36-55(60-58)57-49-27-11-7-19-43(49)35-53-47-25-9-5-15-38(47)29-31-51(53)57)44-22-12-20-40(32-44)41-21-13-23-45(33-41)56-48-26-10-6-18-42(48)34-52-46-24-8-4-14-37(46)28-30-50(52)56/h1-36H. The van der Waals surface area contributed by atoms with Crippen molar-refractivity contribution in [2.24, 2.45) is 0 Å². The first-order valence-corrected chi connectivity index (χ1v) is 20.6. The molecule has 0 atom stereocenters. The third kappa shape index (κ3) is 5.65. The van der Waals surface area contributed by atoms with E-state index < -0.39 is 0 Å². The molecule has 278 valence electrons. The van der Waals surface area contributed by atoms with Crippen LogP contribution in [0.5, 0.6) is 0 Å². The fourth-order valence-electron chi connectivity index (χ4n) is 9.38. The first-order chi connectivity index (χ1) is 29.7. The van der Waals surface area contributed by atoms with Crippen LogP contribution in [0.15, 0.2) is 218 Å². The third-order valence-corrected chi connectivity index (χ3v) is 12.2. The van der Waals surface area contributed by atoms with E-state index in [4.69, 9.17) is 9.97 Å². The van der Waals surface area contributed by atoms with Gasteiger partial charge < -0.3 is 0 Å². The second-order valence-corrected chi connectivity index (χ2v) is 15.7. The molecule has 0 N–H and O–H groups in total. The van der Waals surface area contributed by atoms with Crippen LogP contribution >= 0.6 is 0 Å². The minimum Gasteiger partial charge on any atom is -0.228 e. The maximum absolute atomic E-state index is 5.36.